The van der Waals surface area contributed by atoms with E-state index in [-0.39, 0.29) is 0 Å². The molecule has 3 aromatic heterocycles. The number of rotatable bonds is 24. The van der Waals surface area contributed by atoms with Crippen molar-refractivity contribution in [3.05, 3.63) is 287 Å². The van der Waals surface area contributed by atoms with Crippen LogP contribution < -0.4 is 9.97 Å². The SMILES string of the molecule is CC(C)c1ccc(Sc2ccc(Sc3ccc(C(C)C)cc3)c3c2-c2nc-3nc3[n-]c(nc4nc(nc5[n-]c(n2)c2c(Sc6ccc(C(C)C)cc6)ccc(Sc6ccc(C(C)C)cc6)c52)-c2c(Sc5ccc(C(C)C)cc5)ccc(Sc5ccc(C(C)C)cc5)c2-4)c2c(Sc4ccc(C(C)C)cc4)ccc(Sc4ccc(C(C)C)cc4)c32)cc1.[O]=[V+2]. The van der Waals surface area contributed by atoms with Crippen molar-refractivity contribution in [3.63, 3.8) is 0 Å². The van der Waals surface area contributed by atoms with E-state index in [2.05, 4.69) is 353 Å². The second-order valence-electron chi connectivity index (χ2n) is 33.3. The van der Waals surface area contributed by atoms with Crippen LogP contribution in [0.3, 0.4) is 0 Å². The maximum absolute atomic E-state index is 8.19. The molecular formula is C104H96N8OS8V. The molecule has 0 unspecified atom stereocenters. The second-order valence-corrected chi connectivity index (χ2v) is 42.3. The number of benzene rings is 12. The van der Waals surface area contributed by atoms with E-state index in [1.165, 1.54) is 44.5 Å². The second kappa shape index (κ2) is 37.9. The van der Waals surface area contributed by atoms with Gasteiger partial charge in [-0.1, -0.05) is 302 Å². The molecule has 0 spiro atoms. The molecule has 0 radical (unpaired) electrons. The fourth-order valence-electron chi connectivity index (χ4n) is 15.0. The summed E-state index contributed by atoms with van der Waals surface area (Å²) in [7, 11) is 0. The predicted octanol–water partition coefficient (Wildman–Crippen LogP) is 32.2. The van der Waals surface area contributed by atoms with Crippen LogP contribution in [0, 0.1) is 0 Å². The molecule has 611 valence electrons. The normalized spacial score (nSPS) is 12.0. The van der Waals surface area contributed by atoms with Crippen LogP contribution in [0.5, 0.6) is 0 Å². The molecule has 5 heterocycles. The average Bonchev–Trinajstić information content (AvgIpc) is 1.57. The van der Waals surface area contributed by atoms with Gasteiger partial charge < -0.3 is 29.9 Å². The fraction of sp³-hybridized carbons (Fsp3) is 0.231. The number of hydrogen-bond acceptors (Lipinski definition) is 15. The van der Waals surface area contributed by atoms with Crippen molar-refractivity contribution in [2.45, 2.75) is 236 Å². The third-order valence-corrected chi connectivity index (χ3v) is 30.7. The molecule has 122 heavy (non-hydrogen) atoms. The molecule has 0 amide bonds. The first kappa shape index (κ1) is 86.7. The van der Waals surface area contributed by atoms with Crippen LogP contribution in [0.25, 0.3) is 89.7 Å². The van der Waals surface area contributed by atoms with Crippen molar-refractivity contribution >= 4 is 138 Å². The van der Waals surface area contributed by atoms with Gasteiger partial charge in [-0.2, -0.15) is 0 Å². The molecule has 0 fully saturated rings. The van der Waals surface area contributed by atoms with Gasteiger partial charge in [0.1, 0.15) is 0 Å². The Morgan fingerprint density at radius 1 is 0.189 bits per heavy atom. The van der Waals surface area contributed by atoms with Crippen molar-refractivity contribution in [2.75, 3.05) is 0 Å². The molecule has 0 saturated carbocycles. The van der Waals surface area contributed by atoms with Crippen molar-refractivity contribution in [1.29, 1.82) is 0 Å². The maximum atomic E-state index is 8.19. The molecule has 18 heteroatoms. The van der Waals surface area contributed by atoms with Crippen molar-refractivity contribution in [1.82, 2.24) is 39.9 Å². The molecule has 17 rings (SSSR count). The van der Waals surface area contributed by atoms with Gasteiger partial charge in [0.2, 0.25) is 0 Å². The molecule has 8 bridgehead atoms. The van der Waals surface area contributed by atoms with Crippen molar-refractivity contribution in [2.24, 2.45) is 0 Å². The zero-order chi connectivity index (χ0) is 85.3. The average molecular weight is 1780 g/mol. The molecule has 15 aromatic rings. The summed E-state index contributed by atoms with van der Waals surface area (Å²) in [6, 6.07) is 90.1. The Morgan fingerprint density at radius 2 is 0.320 bits per heavy atom. The number of hydrogen-bond donors (Lipinski definition) is 0. The first-order chi connectivity index (χ1) is 59.0. The summed E-state index contributed by atoms with van der Waals surface area (Å²) >= 11 is 14.8. The van der Waals surface area contributed by atoms with E-state index in [0.717, 1.165) is 139 Å². The van der Waals surface area contributed by atoms with E-state index in [4.69, 9.17) is 43.5 Å². The van der Waals surface area contributed by atoms with Gasteiger partial charge in [0.15, 0.2) is 0 Å². The van der Waals surface area contributed by atoms with E-state index in [1.54, 1.807) is 94.1 Å². The molecule has 0 aliphatic carbocycles. The van der Waals surface area contributed by atoms with Crippen LogP contribution >= 0.6 is 94.1 Å². The molecule has 0 saturated heterocycles. The predicted molar refractivity (Wildman–Crippen MR) is 512 cm³/mol. The van der Waals surface area contributed by atoms with Crippen LogP contribution in [0.15, 0.2) is 321 Å². The quantitative estimate of drug-likeness (QED) is 0.0569. The number of aromatic nitrogens is 8. The fourth-order valence-corrected chi connectivity index (χ4v) is 22.7. The Labute approximate surface area is 761 Å². The van der Waals surface area contributed by atoms with Gasteiger partial charge in [-0.25, -0.2) is 9.97 Å². The standard InChI is InChI=1S/C104H96N8S8.O.V/c1-57(2)65-17-33-73(34-18-65)113-81-49-50-82(114-74-35-19-66(20-36-74)58(3)4)90-89(81)97-105-98(90)110-100-93-85(117-77-41-25-69(26-42-77)61(9)10)53-54-86(118-78-43-27-70(28-44-78)62(11)12)94(93)102(107-100)112-104-96-88(120-80-47-31-72(32-48-80)64(15)16)56-55-87(119-79-45-29-71(30-46-79)63(13)14)95(96)103(108-104)111-101-92-84(116-76-39-23-68(24-40-76)60(7)8)52-51-83(91(92)99(106-101)109-97)115-75-37-21-67(22-38-75)59(5)6;;/h17-64H,1-16H3;;/q-2;;+2. The van der Waals surface area contributed by atoms with Crippen LogP contribution in [-0.2, 0) is 21.0 Å². The molecule has 0 N–H and O–H groups in total. The summed E-state index contributed by atoms with van der Waals surface area (Å²) < 4.78 is 8.19. The summed E-state index contributed by atoms with van der Waals surface area (Å²) in [6.45, 7) is 36.0. The Bertz CT molecular complexity index is 5750. The molecule has 2 aliphatic heterocycles. The third-order valence-electron chi connectivity index (χ3n) is 22.2. The van der Waals surface area contributed by atoms with Crippen LogP contribution in [0.4, 0.5) is 0 Å². The third kappa shape index (κ3) is 18.9. The van der Waals surface area contributed by atoms with Gasteiger partial charge in [0.05, 0.1) is 23.3 Å². The zero-order valence-electron chi connectivity index (χ0n) is 71.4. The van der Waals surface area contributed by atoms with Gasteiger partial charge >= 0.3 is 21.0 Å². The van der Waals surface area contributed by atoms with E-state index in [1.807, 2.05) is 0 Å². The van der Waals surface area contributed by atoms with Gasteiger partial charge in [0, 0.05) is 145 Å². The van der Waals surface area contributed by atoms with E-state index < -0.39 is 0 Å². The van der Waals surface area contributed by atoms with Gasteiger partial charge in [-0.05, 0) is 237 Å². The molecule has 9 nitrogen and oxygen atoms in total. The van der Waals surface area contributed by atoms with E-state index in [9.17, 15) is 0 Å². The Hall–Kier alpha value is -8.82. The molecule has 2 aliphatic rings. The number of nitrogens with zero attached hydrogens (tertiary/aromatic N) is 8. The first-order valence-electron chi connectivity index (χ1n) is 41.8. The Kier molecular flexibility index (Phi) is 27.0. The molecular weight excluding hydrogens is 1680 g/mol. The van der Waals surface area contributed by atoms with Gasteiger partial charge in [-0.3, -0.25) is 0 Å². The van der Waals surface area contributed by atoms with Crippen LogP contribution in [0.1, 0.15) is 203 Å². The van der Waals surface area contributed by atoms with Gasteiger partial charge in [0.25, 0.3) is 0 Å². The van der Waals surface area contributed by atoms with Crippen LogP contribution in [-0.4, -0.2) is 29.9 Å². The Morgan fingerprint density at radius 3 is 0.459 bits per heavy atom. The van der Waals surface area contributed by atoms with E-state index in [0.29, 0.717) is 93.2 Å². The summed E-state index contributed by atoms with van der Waals surface area (Å²) in [6.07, 6.45) is 0. The molecule has 12 aromatic carbocycles. The summed E-state index contributed by atoms with van der Waals surface area (Å²) in [5, 5.41) is 3.41. The monoisotopic (exact) mass is 1780 g/mol. The van der Waals surface area contributed by atoms with E-state index >= 15 is 0 Å². The topological polar surface area (TPSA) is 123 Å². The van der Waals surface area contributed by atoms with Crippen LogP contribution in [0.2, 0.25) is 0 Å². The number of fused-ring (bicyclic) bond motifs is 20. The summed E-state index contributed by atoms with van der Waals surface area (Å²) in [5.41, 5.74) is 15.5. The minimum atomic E-state index is 0.360. The zero-order valence-corrected chi connectivity index (χ0v) is 79.3. The van der Waals surface area contributed by atoms with Crippen molar-refractivity contribution < 1.29 is 21.0 Å². The Balaban J connectivity index is 0.00000548. The minimum absolute atomic E-state index is 0.360. The van der Waals surface area contributed by atoms with Gasteiger partial charge in [-0.15, -0.1) is 0 Å². The summed E-state index contributed by atoms with van der Waals surface area (Å²) in [5.74, 6) is 4.79. The first-order valence-corrected chi connectivity index (χ1v) is 48.9. The molecule has 0 atom stereocenters. The summed E-state index contributed by atoms with van der Waals surface area (Å²) in [4.78, 5) is 64.5. The van der Waals surface area contributed by atoms with Crippen molar-refractivity contribution in [3.8, 4) is 45.6 Å².